The second-order valence-electron chi connectivity index (χ2n) is 4.02. The number of para-hydroxylation sites is 1. The maximum atomic E-state index is 12.1. The number of hydrogen-bond donors (Lipinski definition) is 3. The van der Waals surface area contributed by atoms with Gasteiger partial charge >= 0.3 is 0 Å². The van der Waals surface area contributed by atoms with E-state index < -0.39 is 16.6 Å². The zero-order valence-electron chi connectivity index (χ0n) is 10.8. The summed E-state index contributed by atoms with van der Waals surface area (Å²) < 4.78 is 31.8. The number of ether oxygens (including phenoxy) is 1. The van der Waals surface area contributed by atoms with E-state index >= 15 is 0 Å². The summed E-state index contributed by atoms with van der Waals surface area (Å²) in [6, 6.07) is 7.11. The van der Waals surface area contributed by atoms with Crippen LogP contribution in [0.5, 0.6) is 5.75 Å². The summed E-state index contributed by atoms with van der Waals surface area (Å²) in [5.41, 5.74) is 0.932. The first-order valence-electron chi connectivity index (χ1n) is 5.83. The first-order chi connectivity index (χ1) is 9.58. The summed E-state index contributed by atoms with van der Waals surface area (Å²) in [4.78, 5) is 0. The lowest BCUT2D eigenvalue weighted by Gasteiger charge is -2.09. The van der Waals surface area contributed by atoms with Gasteiger partial charge < -0.3 is 9.84 Å². The maximum Gasteiger partial charge on any atom is 0.258 e. The number of aromatic nitrogens is 2. The summed E-state index contributed by atoms with van der Waals surface area (Å²) >= 11 is 0. The second kappa shape index (κ2) is 6.04. The van der Waals surface area contributed by atoms with E-state index in [1.165, 1.54) is 13.3 Å². The molecule has 0 radical (unpaired) electrons. The molecule has 8 heteroatoms. The number of benzene rings is 1. The van der Waals surface area contributed by atoms with Gasteiger partial charge in [0.15, 0.2) is 5.03 Å². The van der Waals surface area contributed by atoms with Gasteiger partial charge in [0.05, 0.1) is 19.9 Å². The largest absolute Gasteiger partial charge is 0.496 e. The van der Waals surface area contributed by atoms with Crippen molar-refractivity contribution in [1.29, 1.82) is 0 Å². The van der Waals surface area contributed by atoms with Crippen LogP contribution in [0, 0.1) is 0 Å². The van der Waals surface area contributed by atoms with Crippen LogP contribution >= 0.6 is 0 Å². The van der Waals surface area contributed by atoms with Gasteiger partial charge in [-0.25, -0.2) is 13.1 Å². The average molecular weight is 297 g/mol. The van der Waals surface area contributed by atoms with Gasteiger partial charge in [-0.05, 0) is 6.07 Å². The minimum absolute atomic E-state index is 0.0796. The highest BCUT2D eigenvalue weighted by Crippen LogP contribution is 2.18. The van der Waals surface area contributed by atoms with Crippen molar-refractivity contribution in [1.82, 2.24) is 14.9 Å². The summed E-state index contributed by atoms with van der Waals surface area (Å²) in [6.07, 6.45) is 1.28. The van der Waals surface area contributed by atoms with Crippen molar-refractivity contribution in [2.75, 3.05) is 7.11 Å². The molecule has 0 unspecified atom stereocenters. The fourth-order valence-corrected chi connectivity index (χ4v) is 2.86. The number of sulfonamides is 1. The highest BCUT2D eigenvalue weighted by atomic mass is 32.2. The zero-order valence-corrected chi connectivity index (χ0v) is 11.6. The third kappa shape index (κ3) is 2.98. The molecule has 2 rings (SSSR count). The Kier molecular flexibility index (Phi) is 4.38. The Morgan fingerprint density at radius 2 is 2.10 bits per heavy atom. The van der Waals surface area contributed by atoms with Crippen molar-refractivity contribution in [3.8, 4) is 5.75 Å². The van der Waals surface area contributed by atoms with E-state index in [1.807, 2.05) is 0 Å². The molecule has 108 valence electrons. The Bertz CT molecular complexity index is 682. The van der Waals surface area contributed by atoms with Crippen molar-refractivity contribution < 1.29 is 18.3 Å². The Morgan fingerprint density at radius 1 is 1.35 bits per heavy atom. The number of hydrogen-bond acceptors (Lipinski definition) is 5. The quantitative estimate of drug-likeness (QED) is 0.715. The van der Waals surface area contributed by atoms with Crippen molar-refractivity contribution >= 4 is 10.0 Å². The van der Waals surface area contributed by atoms with Gasteiger partial charge in [-0.2, -0.15) is 5.10 Å². The SMILES string of the molecule is COc1ccccc1CNS(=O)(=O)c1[nH]ncc1CO. The normalized spacial score (nSPS) is 11.5. The molecule has 1 aromatic carbocycles. The number of nitrogens with one attached hydrogen (secondary N) is 2. The van der Waals surface area contributed by atoms with Gasteiger partial charge in [0, 0.05) is 17.7 Å². The number of aliphatic hydroxyl groups excluding tert-OH is 1. The molecule has 0 atom stereocenters. The van der Waals surface area contributed by atoms with Crippen molar-refractivity contribution in [3.63, 3.8) is 0 Å². The van der Waals surface area contributed by atoms with Crippen LogP contribution in [0.3, 0.4) is 0 Å². The average Bonchev–Trinajstić information content (AvgIpc) is 2.95. The molecule has 0 spiro atoms. The van der Waals surface area contributed by atoms with Crippen LogP contribution < -0.4 is 9.46 Å². The number of aliphatic hydroxyl groups is 1. The minimum Gasteiger partial charge on any atom is -0.496 e. The standard InChI is InChI=1S/C12H15N3O4S/c1-19-11-5-3-2-4-9(11)7-14-20(17,18)12-10(8-16)6-13-15-12/h2-6,14,16H,7-8H2,1H3,(H,13,15). The molecule has 20 heavy (non-hydrogen) atoms. The first kappa shape index (κ1) is 14.5. The second-order valence-corrected chi connectivity index (χ2v) is 5.72. The van der Waals surface area contributed by atoms with Crippen LogP contribution in [0.4, 0.5) is 0 Å². The van der Waals surface area contributed by atoms with E-state index in [0.29, 0.717) is 11.3 Å². The van der Waals surface area contributed by atoms with E-state index in [0.717, 1.165) is 0 Å². The summed E-state index contributed by atoms with van der Waals surface area (Å²) in [7, 11) is -2.25. The molecule has 0 aliphatic carbocycles. The molecule has 0 bridgehead atoms. The highest BCUT2D eigenvalue weighted by molar-refractivity contribution is 7.89. The lowest BCUT2D eigenvalue weighted by atomic mass is 10.2. The maximum absolute atomic E-state index is 12.1. The fraction of sp³-hybridized carbons (Fsp3) is 0.250. The van der Waals surface area contributed by atoms with Crippen molar-refractivity contribution in [3.05, 3.63) is 41.6 Å². The molecule has 1 aromatic heterocycles. The Hall–Kier alpha value is -1.90. The Balaban J connectivity index is 2.18. The predicted octanol–water partition coefficient (Wildman–Crippen LogP) is 0.389. The molecule has 2 aromatic rings. The number of methoxy groups -OCH3 is 1. The molecule has 1 heterocycles. The van der Waals surface area contributed by atoms with Crippen LogP contribution in [0.2, 0.25) is 0 Å². The summed E-state index contributed by atoms with van der Waals surface area (Å²) in [5, 5.41) is 14.9. The number of nitrogens with zero attached hydrogens (tertiary/aromatic N) is 1. The third-order valence-corrected chi connectivity index (χ3v) is 4.18. The topological polar surface area (TPSA) is 104 Å². The Morgan fingerprint density at radius 3 is 2.80 bits per heavy atom. The molecule has 0 amide bonds. The van der Waals surface area contributed by atoms with E-state index in [1.54, 1.807) is 24.3 Å². The van der Waals surface area contributed by atoms with Gasteiger partial charge in [0.25, 0.3) is 10.0 Å². The molecule has 0 saturated heterocycles. The molecular formula is C12H15N3O4S. The first-order valence-corrected chi connectivity index (χ1v) is 7.31. The van der Waals surface area contributed by atoms with Gasteiger partial charge in [0.1, 0.15) is 5.75 Å². The van der Waals surface area contributed by atoms with Gasteiger partial charge in [-0.15, -0.1) is 0 Å². The van der Waals surface area contributed by atoms with Crippen molar-refractivity contribution in [2.24, 2.45) is 0 Å². The molecule has 0 saturated carbocycles. The van der Waals surface area contributed by atoms with E-state index in [4.69, 9.17) is 9.84 Å². The summed E-state index contributed by atoms with van der Waals surface area (Å²) in [6.45, 7) is -0.322. The molecular weight excluding hydrogens is 282 g/mol. The van der Waals surface area contributed by atoms with Crippen molar-refractivity contribution in [2.45, 2.75) is 18.2 Å². The van der Waals surface area contributed by atoms with Crippen LogP contribution in [0.25, 0.3) is 0 Å². The number of H-pyrrole nitrogens is 1. The lowest BCUT2D eigenvalue weighted by Crippen LogP contribution is -2.24. The fourth-order valence-electron chi connectivity index (χ4n) is 1.74. The zero-order chi connectivity index (χ0) is 14.6. The van der Waals surface area contributed by atoms with Crippen LogP contribution in [0.1, 0.15) is 11.1 Å². The van der Waals surface area contributed by atoms with Crippen LogP contribution in [-0.4, -0.2) is 30.8 Å². The molecule has 0 aliphatic rings. The molecule has 7 nitrogen and oxygen atoms in total. The third-order valence-electron chi connectivity index (χ3n) is 2.76. The minimum atomic E-state index is -3.77. The number of aromatic amines is 1. The van der Waals surface area contributed by atoms with Crippen LogP contribution in [0.15, 0.2) is 35.5 Å². The highest BCUT2D eigenvalue weighted by Gasteiger charge is 2.20. The monoisotopic (exact) mass is 297 g/mol. The Labute approximate surface area is 116 Å². The van der Waals surface area contributed by atoms with E-state index in [-0.39, 0.29) is 17.1 Å². The number of rotatable bonds is 6. The van der Waals surface area contributed by atoms with Gasteiger partial charge in [-0.3, -0.25) is 5.10 Å². The smallest absolute Gasteiger partial charge is 0.258 e. The van der Waals surface area contributed by atoms with E-state index in [9.17, 15) is 8.42 Å². The molecule has 3 N–H and O–H groups in total. The van der Waals surface area contributed by atoms with E-state index in [2.05, 4.69) is 14.9 Å². The lowest BCUT2D eigenvalue weighted by molar-refractivity contribution is 0.278. The van der Waals surface area contributed by atoms with Gasteiger partial charge in [0.2, 0.25) is 0 Å². The summed E-state index contributed by atoms with van der Waals surface area (Å²) in [5.74, 6) is 0.599. The van der Waals surface area contributed by atoms with Crippen LogP contribution in [-0.2, 0) is 23.2 Å². The molecule has 0 fully saturated rings. The van der Waals surface area contributed by atoms with Gasteiger partial charge in [-0.1, -0.05) is 18.2 Å². The predicted molar refractivity (Wildman–Crippen MR) is 71.5 cm³/mol. The molecule has 0 aliphatic heterocycles.